The maximum absolute atomic E-state index is 12.8. The molecule has 22 heavy (non-hydrogen) atoms. The number of sulfone groups is 1. The molecule has 114 valence electrons. The molecule has 3 atom stereocenters. The van der Waals surface area contributed by atoms with Crippen molar-refractivity contribution in [3.05, 3.63) is 65.7 Å². The summed E-state index contributed by atoms with van der Waals surface area (Å²) in [5.74, 6) is -0.439. The third-order valence-electron chi connectivity index (χ3n) is 4.17. The van der Waals surface area contributed by atoms with Crippen LogP contribution in [0.4, 0.5) is 0 Å². The molecule has 0 bridgehead atoms. The zero-order valence-electron chi connectivity index (χ0n) is 12.1. The fourth-order valence-electron chi connectivity index (χ4n) is 2.96. The van der Waals surface area contributed by atoms with Gasteiger partial charge in [0.1, 0.15) is 0 Å². The van der Waals surface area contributed by atoms with Crippen molar-refractivity contribution in [1.29, 1.82) is 0 Å². The molecule has 0 amide bonds. The number of hydrogen-bond acceptors (Lipinski definition) is 3. The van der Waals surface area contributed by atoms with Crippen LogP contribution in [-0.2, 0) is 9.84 Å². The van der Waals surface area contributed by atoms with Crippen molar-refractivity contribution in [3.8, 4) is 0 Å². The maximum Gasteiger partial charge on any atom is 0.182 e. The molecule has 3 nitrogen and oxygen atoms in total. The highest BCUT2D eigenvalue weighted by molar-refractivity contribution is 7.92. The fraction of sp³-hybridized carbons (Fsp3) is 0.235. The summed E-state index contributed by atoms with van der Waals surface area (Å²) in [6.07, 6.45) is 0. The molecule has 2 aromatic rings. The fourth-order valence-corrected chi connectivity index (χ4v) is 5.51. The number of benzene rings is 2. The number of hydrogen-bond donors (Lipinski definition) is 1. The van der Waals surface area contributed by atoms with E-state index in [1.807, 2.05) is 31.2 Å². The molecule has 5 heteroatoms. The number of aryl methyl sites for hydroxylation is 1. The highest BCUT2D eigenvalue weighted by atomic mass is 32.2. The predicted octanol–water partition coefficient (Wildman–Crippen LogP) is 2.84. The van der Waals surface area contributed by atoms with Crippen LogP contribution >= 0.6 is 12.2 Å². The van der Waals surface area contributed by atoms with E-state index in [0.717, 1.165) is 11.1 Å². The van der Waals surface area contributed by atoms with E-state index in [4.69, 9.17) is 18.0 Å². The molecule has 0 spiro atoms. The molecular formula is C17H17NO2S2. The Labute approximate surface area is 136 Å². The van der Waals surface area contributed by atoms with Gasteiger partial charge in [-0.2, -0.15) is 0 Å². The predicted molar refractivity (Wildman–Crippen MR) is 91.6 cm³/mol. The lowest BCUT2D eigenvalue weighted by molar-refractivity contribution is 0.593. The van der Waals surface area contributed by atoms with Gasteiger partial charge in [0.25, 0.3) is 0 Å². The summed E-state index contributed by atoms with van der Waals surface area (Å²) in [6.45, 7) is 2.00. The van der Waals surface area contributed by atoms with Crippen molar-refractivity contribution in [2.75, 3.05) is 0 Å². The Morgan fingerprint density at radius 1 is 1.05 bits per heavy atom. The summed E-state index contributed by atoms with van der Waals surface area (Å²) in [7, 11) is -3.43. The Kier molecular flexibility index (Phi) is 3.78. The molecule has 0 radical (unpaired) electrons. The maximum atomic E-state index is 12.8. The minimum absolute atomic E-state index is 0.150. The second kappa shape index (κ2) is 5.48. The molecule has 0 unspecified atom stereocenters. The first-order chi connectivity index (χ1) is 10.4. The van der Waals surface area contributed by atoms with Crippen LogP contribution in [0.2, 0.25) is 0 Å². The van der Waals surface area contributed by atoms with E-state index in [0.29, 0.717) is 4.90 Å². The second-order valence-corrected chi connectivity index (χ2v) is 8.26. The van der Waals surface area contributed by atoms with Crippen molar-refractivity contribution in [1.82, 2.24) is 0 Å². The molecule has 1 fully saturated rings. The average molecular weight is 331 g/mol. The zero-order chi connectivity index (χ0) is 15.9. The van der Waals surface area contributed by atoms with Crippen molar-refractivity contribution in [2.24, 2.45) is 11.7 Å². The molecular weight excluding hydrogens is 314 g/mol. The normalized spacial score (nSPS) is 24.0. The summed E-state index contributed by atoms with van der Waals surface area (Å²) in [5.41, 5.74) is 7.90. The lowest BCUT2D eigenvalue weighted by Gasteiger charge is -2.04. The third-order valence-corrected chi connectivity index (χ3v) is 6.68. The van der Waals surface area contributed by atoms with Crippen molar-refractivity contribution in [3.63, 3.8) is 0 Å². The topological polar surface area (TPSA) is 60.2 Å². The minimum atomic E-state index is -3.43. The molecule has 0 aromatic heterocycles. The lowest BCUT2D eigenvalue weighted by atomic mass is 10.1. The number of nitrogens with two attached hydrogens (primary N) is 1. The van der Waals surface area contributed by atoms with Gasteiger partial charge < -0.3 is 5.73 Å². The first kappa shape index (κ1) is 15.2. The molecule has 0 aliphatic heterocycles. The minimum Gasteiger partial charge on any atom is -0.393 e. The van der Waals surface area contributed by atoms with Crippen LogP contribution in [0.15, 0.2) is 59.5 Å². The van der Waals surface area contributed by atoms with Gasteiger partial charge in [0.05, 0.1) is 15.1 Å². The Morgan fingerprint density at radius 2 is 1.64 bits per heavy atom. The van der Waals surface area contributed by atoms with E-state index >= 15 is 0 Å². The van der Waals surface area contributed by atoms with E-state index < -0.39 is 15.1 Å². The SMILES string of the molecule is Cc1ccc([C@H]2[C@@H](C(N)=S)[C@@H]2S(=O)(=O)c2ccccc2)cc1. The largest absolute Gasteiger partial charge is 0.393 e. The van der Waals surface area contributed by atoms with Gasteiger partial charge in [-0.15, -0.1) is 0 Å². The first-order valence-electron chi connectivity index (χ1n) is 7.08. The lowest BCUT2D eigenvalue weighted by Crippen LogP contribution is -2.17. The van der Waals surface area contributed by atoms with Gasteiger partial charge in [-0.05, 0) is 24.6 Å². The quantitative estimate of drug-likeness (QED) is 0.875. The Bertz CT molecular complexity index is 798. The van der Waals surface area contributed by atoms with Crippen molar-refractivity contribution >= 4 is 27.0 Å². The number of rotatable bonds is 4. The summed E-state index contributed by atoms with van der Waals surface area (Å²) in [4.78, 5) is 0.603. The van der Waals surface area contributed by atoms with E-state index in [9.17, 15) is 8.42 Å². The Morgan fingerprint density at radius 3 is 2.18 bits per heavy atom. The molecule has 0 saturated heterocycles. The van der Waals surface area contributed by atoms with Crippen LogP contribution in [0.25, 0.3) is 0 Å². The molecule has 2 aromatic carbocycles. The van der Waals surface area contributed by atoms with Gasteiger partial charge in [0.15, 0.2) is 9.84 Å². The highest BCUT2D eigenvalue weighted by Crippen LogP contribution is 2.54. The van der Waals surface area contributed by atoms with E-state index in [-0.39, 0.29) is 16.8 Å². The summed E-state index contributed by atoms with van der Waals surface area (Å²) in [6, 6.07) is 16.4. The summed E-state index contributed by atoms with van der Waals surface area (Å²) < 4.78 is 25.7. The smallest absolute Gasteiger partial charge is 0.182 e. The first-order valence-corrected chi connectivity index (χ1v) is 9.03. The van der Waals surface area contributed by atoms with E-state index in [1.54, 1.807) is 30.3 Å². The third kappa shape index (κ3) is 2.55. The van der Waals surface area contributed by atoms with Gasteiger partial charge in [0, 0.05) is 11.8 Å². The average Bonchev–Trinajstić information content (AvgIpc) is 3.25. The van der Waals surface area contributed by atoms with Gasteiger partial charge in [0.2, 0.25) is 0 Å². The summed E-state index contributed by atoms with van der Waals surface area (Å²) >= 11 is 5.09. The van der Waals surface area contributed by atoms with Crippen molar-refractivity contribution < 1.29 is 8.42 Å². The monoisotopic (exact) mass is 331 g/mol. The molecule has 2 N–H and O–H groups in total. The molecule has 0 heterocycles. The standard InChI is InChI=1S/C17H17NO2S2/c1-11-7-9-12(10-8-11)14-15(17(18)21)16(14)22(19,20)13-5-3-2-4-6-13/h2-10,14-16H,1H3,(H2,18,21)/t14-,15+,16+/m0/s1. The van der Waals surface area contributed by atoms with E-state index in [2.05, 4.69) is 0 Å². The Balaban J connectivity index is 1.99. The van der Waals surface area contributed by atoms with Gasteiger partial charge in [-0.25, -0.2) is 8.42 Å². The highest BCUT2D eigenvalue weighted by Gasteiger charge is 2.60. The molecule has 1 saturated carbocycles. The van der Waals surface area contributed by atoms with E-state index in [1.165, 1.54) is 0 Å². The number of thiocarbonyl (C=S) groups is 1. The van der Waals surface area contributed by atoms with Gasteiger partial charge in [-0.1, -0.05) is 60.2 Å². The molecule has 3 rings (SSSR count). The van der Waals surface area contributed by atoms with Crippen LogP contribution in [0.5, 0.6) is 0 Å². The van der Waals surface area contributed by atoms with Crippen molar-refractivity contribution in [2.45, 2.75) is 23.0 Å². The van der Waals surface area contributed by atoms with Gasteiger partial charge >= 0.3 is 0 Å². The molecule has 1 aliphatic carbocycles. The molecule has 1 aliphatic rings. The second-order valence-electron chi connectivity index (χ2n) is 5.69. The van der Waals surface area contributed by atoms with Crippen LogP contribution in [0.1, 0.15) is 17.0 Å². The van der Waals surface area contributed by atoms with Gasteiger partial charge in [-0.3, -0.25) is 0 Å². The van der Waals surface area contributed by atoms with Crippen LogP contribution in [0.3, 0.4) is 0 Å². The van der Waals surface area contributed by atoms with Crippen LogP contribution < -0.4 is 5.73 Å². The Hall–Kier alpha value is -1.72. The van der Waals surface area contributed by atoms with Crippen LogP contribution in [0, 0.1) is 12.8 Å². The van der Waals surface area contributed by atoms with Crippen LogP contribution in [-0.4, -0.2) is 18.7 Å². The zero-order valence-corrected chi connectivity index (χ0v) is 13.8. The summed E-state index contributed by atoms with van der Waals surface area (Å²) in [5, 5.41) is -0.560.